The molecule has 0 unspecified atom stereocenters. The van der Waals surface area contributed by atoms with E-state index in [1.165, 1.54) is 16.7 Å². The van der Waals surface area contributed by atoms with E-state index >= 15 is 0 Å². The zero-order valence-corrected chi connectivity index (χ0v) is 23.9. The molecule has 216 valence electrons. The molecule has 1 aliphatic heterocycles. The average Bonchev–Trinajstić information content (AvgIpc) is 3.52. The van der Waals surface area contributed by atoms with Crippen LogP contribution in [0.1, 0.15) is 45.1 Å². The smallest absolute Gasteiger partial charge is 0.338 e. The number of nitrogens with zero attached hydrogens (tertiary/aromatic N) is 3. The molecule has 0 saturated heterocycles. The van der Waals surface area contributed by atoms with Crippen LogP contribution >= 0.6 is 11.3 Å². The maximum absolute atomic E-state index is 13.8. The van der Waals surface area contributed by atoms with Gasteiger partial charge in [-0.2, -0.15) is 4.39 Å². The fraction of sp³-hybridized carbons (Fsp3) is 0.233. The topological polar surface area (TPSA) is 126 Å². The molecule has 0 spiro atoms. The van der Waals surface area contributed by atoms with Crippen molar-refractivity contribution in [1.82, 2.24) is 4.57 Å². The summed E-state index contributed by atoms with van der Waals surface area (Å²) in [7, 11) is 0. The largest absolute Gasteiger partial charge is 0.491 e. The Kier molecular flexibility index (Phi) is 7.90. The minimum absolute atomic E-state index is 0.0222. The molecule has 10 nitrogen and oxygen atoms in total. The second kappa shape index (κ2) is 11.6. The Labute approximate surface area is 242 Å². The molecule has 1 atom stereocenters. The number of nitro benzene ring substituents is 1. The maximum atomic E-state index is 13.8. The summed E-state index contributed by atoms with van der Waals surface area (Å²) in [6, 6.07) is 13.0. The van der Waals surface area contributed by atoms with Crippen LogP contribution in [0.25, 0.3) is 17.4 Å². The molecule has 0 N–H and O–H groups in total. The summed E-state index contributed by atoms with van der Waals surface area (Å²) in [5, 5.41) is 11.1. The minimum Gasteiger partial charge on any atom is -0.491 e. The third-order valence-corrected chi connectivity index (χ3v) is 7.40. The number of hydrogen-bond acceptors (Lipinski definition) is 9. The number of aromatic nitrogens is 1. The Morgan fingerprint density at radius 2 is 1.95 bits per heavy atom. The first-order valence-electron chi connectivity index (χ1n) is 13.1. The van der Waals surface area contributed by atoms with E-state index in [2.05, 4.69) is 4.99 Å². The SMILES string of the molecule is CCOC(=O)C1=C(C)N=c2s/c(=C\c3ccc(-c4ccc(F)c([N+](=O)[O-])c4)o3)c(=O)n2[C@@H]1c1ccc(OC(C)C)cc1. The molecule has 2 aromatic heterocycles. The fourth-order valence-corrected chi connectivity index (χ4v) is 5.66. The maximum Gasteiger partial charge on any atom is 0.338 e. The molecule has 12 heteroatoms. The number of allylic oxidation sites excluding steroid dienone is 1. The van der Waals surface area contributed by atoms with Crippen molar-refractivity contribution in [3.8, 4) is 17.1 Å². The number of benzene rings is 2. The summed E-state index contributed by atoms with van der Waals surface area (Å²) >= 11 is 1.13. The van der Waals surface area contributed by atoms with Gasteiger partial charge in [-0.25, -0.2) is 9.79 Å². The third-order valence-electron chi connectivity index (χ3n) is 6.41. The monoisotopic (exact) mass is 591 g/mol. The lowest BCUT2D eigenvalue weighted by Gasteiger charge is -2.25. The van der Waals surface area contributed by atoms with Gasteiger partial charge >= 0.3 is 11.7 Å². The number of carbonyl (C=O) groups excluding carboxylic acids is 1. The van der Waals surface area contributed by atoms with Gasteiger partial charge in [-0.15, -0.1) is 0 Å². The second-order valence-electron chi connectivity index (χ2n) is 9.66. The molecule has 42 heavy (non-hydrogen) atoms. The van der Waals surface area contributed by atoms with E-state index in [0.717, 1.165) is 23.5 Å². The molecule has 2 aromatic carbocycles. The van der Waals surface area contributed by atoms with E-state index < -0.39 is 34.0 Å². The number of thiazole rings is 1. The van der Waals surface area contributed by atoms with E-state index in [-0.39, 0.29) is 24.0 Å². The third kappa shape index (κ3) is 5.53. The van der Waals surface area contributed by atoms with Gasteiger partial charge in [0.05, 0.1) is 39.5 Å². The van der Waals surface area contributed by atoms with E-state index in [9.17, 15) is 24.1 Å². The van der Waals surface area contributed by atoms with Crippen LogP contribution in [0.15, 0.2) is 80.1 Å². The van der Waals surface area contributed by atoms with Gasteiger partial charge in [-0.3, -0.25) is 19.5 Å². The Balaban J connectivity index is 1.59. The number of rotatable bonds is 8. The van der Waals surface area contributed by atoms with Crippen molar-refractivity contribution in [3.05, 3.63) is 113 Å². The van der Waals surface area contributed by atoms with Crippen molar-refractivity contribution in [3.63, 3.8) is 0 Å². The molecule has 0 radical (unpaired) electrons. The lowest BCUT2D eigenvalue weighted by Crippen LogP contribution is -2.39. The average molecular weight is 592 g/mol. The number of nitro groups is 1. The summed E-state index contributed by atoms with van der Waals surface area (Å²) in [6.07, 6.45) is 1.51. The molecular weight excluding hydrogens is 565 g/mol. The van der Waals surface area contributed by atoms with Gasteiger partial charge < -0.3 is 13.9 Å². The van der Waals surface area contributed by atoms with Gasteiger partial charge in [-0.1, -0.05) is 23.5 Å². The molecule has 0 saturated carbocycles. The van der Waals surface area contributed by atoms with Crippen LogP contribution < -0.4 is 19.6 Å². The van der Waals surface area contributed by atoms with Crippen LogP contribution in [0.2, 0.25) is 0 Å². The van der Waals surface area contributed by atoms with Crippen LogP contribution in [-0.4, -0.2) is 28.2 Å². The van der Waals surface area contributed by atoms with Crippen molar-refractivity contribution in [2.24, 2.45) is 4.99 Å². The number of fused-ring (bicyclic) bond motifs is 1. The molecule has 0 aliphatic carbocycles. The van der Waals surface area contributed by atoms with Crippen LogP contribution in [-0.2, 0) is 9.53 Å². The normalized spacial score (nSPS) is 15.0. The Morgan fingerprint density at radius 3 is 2.62 bits per heavy atom. The first-order valence-corrected chi connectivity index (χ1v) is 13.9. The molecule has 0 fully saturated rings. The highest BCUT2D eigenvalue weighted by Crippen LogP contribution is 2.32. The van der Waals surface area contributed by atoms with Crippen molar-refractivity contribution >= 4 is 29.1 Å². The molecule has 0 amide bonds. The van der Waals surface area contributed by atoms with E-state index in [0.29, 0.717) is 37.7 Å². The summed E-state index contributed by atoms with van der Waals surface area (Å²) in [6.45, 7) is 7.40. The van der Waals surface area contributed by atoms with E-state index in [1.54, 1.807) is 50.2 Å². The number of ether oxygens (including phenoxy) is 2. The lowest BCUT2D eigenvalue weighted by molar-refractivity contribution is -0.387. The highest BCUT2D eigenvalue weighted by molar-refractivity contribution is 7.07. The molecule has 3 heterocycles. The van der Waals surface area contributed by atoms with E-state index in [4.69, 9.17) is 13.9 Å². The zero-order chi connectivity index (χ0) is 30.1. The number of furan rings is 1. The summed E-state index contributed by atoms with van der Waals surface area (Å²) in [5.41, 5.74) is 0.614. The van der Waals surface area contributed by atoms with Crippen molar-refractivity contribution in [2.45, 2.75) is 39.8 Å². The molecule has 0 bridgehead atoms. The molecular formula is C30H26FN3O7S. The second-order valence-corrected chi connectivity index (χ2v) is 10.7. The predicted molar refractivity (Wildman–Crippen MR) is 153 cm³/mol. The Morgan fingerprint density at radius 1 is 1.21 bits per heavy atom. The number of hydrogen-bond donors (Lipinski definition) is 0. The van der Waals surface area contributed by atoms with Crippen LogP contribution in [0.5, 0.6) is 5.75 Å². The summed E-state index contributed by atoms with van der Waals surface area (Å²) < 4.78 is 32.5. The number of carbonyl (C=O) groups is 1. The first-order chi connectivity index (χ1) is 20.1. The highest BCUT2D eigenvalue weighted by Gasteiger charge is 2.33. The Hall–Kier alpha value is -4.84. The number of esters is 1. The van der Waals surface area contributed by atoms with Gasteiger partial charge in [-0.05, 0) is 69.7 Å². The van der Waals surface area contributed by atoms with Crippen molar-refractivity contribution in [1.29, 1.82) is 0 Å². The fourth-order valence-electron chi connectivity index (χ4n) is 4.63. The minimum atomic E-state index is -0.953. The first kappa shape index (κ1) is 28.7. The van der Waals surface area contributed by atoms with E-state index in [1.807, 2.05) is 13.8 Å². The standard InChI is InChI=1S/C30H26FN3O7S/c1-5-39-29(36)26-17(4)32-30-33(27(26)18-6-9-20(10-7-18)40-16(2)3)28(35)25(42-30)15-21-11-13-24(41-21)19-8-12-22(31)23(14-19)34(37)38/h6-16,27H,5H2,1-4H3/b25-15-/t27-/m1/s1. The lowest BCUT2D eigenvalue weighted by atomic mass is 9.96. The van der Waals surface area contributed by atoms with Gasteiger partial charge in [0.15, 0.2) is 4.80 Å². The molecule has 5 rings (SSSR count). The summed E-state index contributed by atoms with van der Waals surface area (Å²) in [5.74, 6) is -0.301. The Bertz CT molecular complexity index is 1900. The van der Waals surface area contributed by atoms with Crippen LogP contribution in [0.3, 0.4) is 0 Å². The van der Waals surface area contributed by atoms with Gasteiger partial charge in [0.25, 0.3) is 5.56 Å². The highest BCUT2D eigenvalue weighted by atomic mass is 32.1. The molecule has 4 aromatic rings. The van der Waals surface area contributed by atoms with Gasteiger partial charge in [0, 0.05) is 17.7 Å². The molecule has 1 aliphatic rings. The van der Waals surface area contributed by atoms with Crippen molar-refractivity contribution < 1.29 is 28.0 Å². The number of halogens is 1. The zero-order valence-electron chi connectivity index (χ0n) is 23.1. The van der Waals surface area contributed by atoms with Gasteiger partial charge in [0.1, 0.15) is 17.3 Å². The van der Waals surface area contributed by atoms with Gasteiger partial charge in [0.2, 0.25) is 5.82 Å². The predicted octanol–water partition coefficient (Wildman–Crippen LogP) is 4.89. The van der Waals surface area contributed by atoms with Crippen LogP contribution in [0.4, 0.5) is 10.1 Å². The quantitative estimate of drug-likeness (QED) is 0.162. The summed E-state index contributed by atoms with van der Waals surface area (Å²) in [4.78, 5) is 42.2. The van der Waals surface area contributed by atoms with Crippen LogP contribution in [0, 0.1) is 15.9 Å². The van der Waals surface area contributed by atoms with Crippen molar-refractivity contribution in [2.75, 3.05) is 6.61 Å².